The van der Waals surface area contributed by atoms with E-state index in [0.29, 0.717) is 11.3 Å². The molecular weight excluding hydrogens is 286 g/mol. The maximum absolute atomic E-state index is 11.8. The molecule has 120 valence electrons. The Morgan fingerprint density at radius 1 is 1.09 bits per heavy atom. The fourth-order valence-electron chi connectivity index (χ4n) is 1.65. The molecule has 0 bridgehead atoms. The van der Waals surface area contributed by atoms with Crippen molar-refractivity contribution in [2.45, 2.75) is 45.6 Å². The molecule has 1 rings (SSSR count). The Kier molecular flexibility index (Phi) is 6.10. The number of rotatable bonds is 6. The molecule has 6 heteroatoms. The molecule has 0 saturated heterocycles. The Hall–Kier alpha value is -2.37. The number of ether oxygens (including phenoxy) is 1. The Bertz CT molecular complexity index is 543. The number of aliphatic carboxylic acids is 1. The van der Waals surface area contributed by atoms with Gasteiger partial charge in [-0.2, -0.15) is 0 Å². The number of carbonyl (C=O) groups excluding carboxylic acids is 2. The highest BCUT2D eigenvalue weighted by atomic mass is 16.6. The lowest BCUT2D eigenvalue weighted by atomic mass is 10.1. The molecule has 0 fully saturated rings. The van der Waals surface area contributed by atoms with Gasteiger partial charge in [0.1, 0.15) is 5.60 Å². The molecule has 0 aliphatic carbocycles. The van der Waals surface area contributed by atoms with Crippen LogP contribution in [0.15, 0.2) is 24.3 Å². The summed E-state index contributed by atoms with van der Waals surface area (Å²) in [6, 6.07) is 6.35. The van der Waals surface area contributed by atoms with Crippen LogP contribution in [0.4, 0.5) is 5.69 Å². The smallest absolute Gasteiger partial charge is 0.338 e. The maximum atomic E-state index is 11.8. The van der Waals surface area contributed by atoms with Gasteiger partial charge in [0, 0.05) is 18.5 Å². The first kappa shape index (κ1) is 17.7. The lowest BCUT2D eigenvalue weighted by molar-refractivity contribution is -0.137. The molecule has 0 saturated carbocycles. The van der Waals surface area contributed by atoms with Crippen LogP contribution in [-0.4, -0.2) is 28.6 Å². The fourth-order valence-corrected chi connectivity index (χ4v) is 1.65. The Morgan fingerprint density at radius 2 is 1.68 bits per heavy atom. The van der Waals surface area contributed by atoms with Gasteiger partial charge in [-0.15, -0.1) is 0 Å². The van der Waals surface area contributed by atoms with E-state index in [1.807, 2.05) is 0 Å². The predicted octanol–water partition coefficient (Wildman–Crippen LogP) is 2.84. The summed E-state index contributed by atoms with van der Waals surface area (Å²) in [6.07, 6.45) is 0.391. The first-order valence-corrected chi connectivity index (χ1v) is 7.02. The lowest BCUT2D eigenvalue weighted by Gasteiger charge is -2.19. The van der Waals surface area contributed by atoms with E-state index < -0.39 is 17.5 Å². The molecule has 6 nitrogen and oxygen atoms in total. The van der Waals surface area contributed by atoms with Crippen LogP contribution in [0.1, 0.15) is 50.4 Å². The van der Waals surface area contributed by atoms with Gasteiger partial charge in [-0.3, -0.25) is 9.59 Å². The summed E-state index contributed by atoms with van der Waals surface area (Å²) in [7, 11) is 0. The van der Waals surface area contributed by atoms with Crippen LogP contribution in [0.2, 0.25) is 0 Å². The van der Waals surface area contributed by atoms with Crippen molar-refractivity contribution in [2.75, 3.05) is 5.32 Å². The largest absolute Gasteiger partial charge is 0.481 e. The summed E-state index contributed by atoms with van der Waals surface area (Å²) >= 11 is 0. The SMILES string of the molecule is CC(C)(C)OC(=O)c1ccc(NC(=O)CCCC(=O)O)cc1. The average Bonchev–Trinajstić information content (AvgIpc) is 2.37. The van der Waals surface area contributed by atoms with Crippen molar-refractivity contribution in [3.63, 3.8) is 0 Å². The number of carboxylic acids is 1. The van der Waals surface area contributed by atoms with Crippen LogP contribution in [0.25, 0.3) is 0 Å². The van der Waals surface area contributed by atoms with Crippen LogP contribution in [-0.2, 0) is 14.3 Å². The molecule has 1 aromatic carbocycles. The standard InChI is InChI=1S/C16H21NO5/c1-16(2,3)22-15(21)11-7-9-12(10-8-11)17-13(18)5-4-6-14(19)20/h7-10H,4-6H2,1-3H3,(H,17,18)(H,19,20). The Labute approximate surface area is 129 Å². The second-order valence-electron chi connectivity index (χ2n) is 5.87. The number of benzene rings is 1. The van der Waals surface area contributed by atoms with Crippen molar-refractivity contribution in [2.24, 2.45) is 0 Å². The molecule has 0 aromatic heterocycles. The molecule has 0 radical (unpaired) electrons. The first-order chi connectivity index (χ1) is 10.2. The summed E-state index contributed by atoms with van der Waals surface area (Å²) in [5, 5.41) is 11.1. The first-order valence-electron chi connectivity index (χ1n) is 7.02. The van der Waals surface area contributed by atoms with Crippen LogP contribution in [0.3, 0.4) is 0 Å². The zero-order valence-electron chi connectivity index (χ0n) is 13.0. The summed E-state index contributed by atoms with van der Waals surface area (Å²) in [4.78, 5) is 33.8. The van der Waals surface area contributed by atoms with Crippen molar-refractivity contribution in [3.05, 3.63) is 29.8 Å². The molecular formula is C16H21NO5. The number of anilines is 1. The number of esters is 1. The monoisotopic (exact) mass is 307 g/mol. The van der Waals surface area contributed by atoms with Crippen molar-refractivity contribution in [1.29, 1.82) is 0 Å². The van der Waals surface area contributed by atoms with E-state index in [1.165, 1.54) is 0 Å². The number of amides is 1. The number of carbonyl (C=O) groups is 3. The van der Waals surface area contributed by atoms with Crippen LogP contribution in [0, 0.1) is 0 Å². The molecule has 0 spiro atoms. The van der Waals surface area contributed by atoms with E-state index in [9.17, 15) is 14.4 Å². The van der Waals surface area contributed by atoms with Crippen LogP contribution in [0.5, 0.6) is 0 Å². The highest BCUT2D eigenvalue weighted by molar-refractivity contribution is 5.93. The zero-order valence-corrected chi connectivity index (χ0v) is 13.0. The van der Waals surface area contributed by atoms with Gasteiger partial charge < -0.3 is 15.2 Å². The molecule has 0 aliphatic heterocycles. The highest BCUT2D eigenvalue weighted by Gasteiger charge is 2.17. The minimum Gasteiger partial charge on any atom is -0.481 e. The van der Waals surface area contributed by atoms with E-state index in [-0.39, 0.29) is 25.2 Å². The second-order valence-corrected chi connectivity index (χ2v) is 5.87. The van der Waals surface area contributed by atoms with Crippen molar-refractivity contribution < 1.29 is 24.2 Å². The fraction of sp³-hybridized carbons (Fsp3) is 0.438. The minimum absolute atomic E-state index is 0.0367. The quantitative estimate of drug-likeness (QED) is 0.788. The van der Waals surface area contributed by atoms with Gasteiger partial charge >= 0.3 is 11.9 Å². The molecule has 0 heterocycles. The number of hydrogen-bond donors (Lipinski definition) is 2. The predicted molar refractivity (Wildman–Crippen MR) is 81.7 cm³/mol. The van der Waals surface area contributed by atoms with Gasteiger partial charge in [-0.25, -0.2) is 4.79 Å². The number of nitrogens with one attached hydrogen (secondary N) is 1. The average molecular weight is 307 g/mol. The van der Waals surface area contributed by atoms with Gasteiger partial charge in [0.05, 0.1) is 5.56 Å². The van der Waals surface area contributed by atoms with Gasteiger partial charge in [-0.1, -0.05) is 0 Å². The highest BCUT2D eigenvalue weighted by Crippen LogP contribution is 2.15. The van der Waals surface area contributed by atoms with E-state index in [2.05, 4.69) is 5.32 Å². The maximum Gasteiger partial charge on any atom is 0.338 e. The topological polar surface area (TPSA) is 92.7 Å². The second kappa shape index (κ2) is 7.59. The molecule has 22 heavy (non-hydrogen) atoms. The Balaban J connectivity index is 2.53. The van der Waals surface area contributed by atoms with Crippen LogP contribution >= 0.6 is 0 Å². The van der Waals surface area contributed by atoms with E-state index >= 15 is 0 Å². The molecule has 1 aromatic rings. The van der Waals surface area contributed by atoms with Crippen molar-refractivity contribution in [1.82, 2.24) is 0 Å². The van der Waals surface area contributed by atoms with Gasteiger partial charge in [-0.05, 0) is 51.5 Å². The molecule has 1 amide bonds. The normalized spacial score (nSPS) is 10.9. The zero-order chi connectivity index (χ0) is 16.8. The summed E-state index contributed by atoms with van der Waals surface area (Å²) < 4.78 is 5.24. The number of hydrogen-bond acceptors (Lipinski definition) is 4. The molecule has 0 unspecified atom stereocenters. The van der Waals surface area contributed by atoms with Gasteiger partial charge in [0.25, 0.3) is 0 Å². The Morgan fingerprint density at radius 3 is 2.18 bits per heavy atom. The molecule has 0 aliphatic rings. The lowest BCUT2D eigenvalue weighted by Crippen LogP contribution is -2.23. The minimum atomic E-state index is -0.922. The molecule has 0 atom stereocenters. The third-order valence-electron chi connectivity index (χ3n) is 2.60. The van der Waals surface area contributed by atoms with Gasteiger partial charge in [0.2, 0.25) is 5.91 Å². The third kappa shape index (κ3) is 6.88. The third-order valence-corrected chi connectivity index (χ3v) is 2.60. The molecule has 2 N–H and O–H groups in total. The van der Waals surface area contributed by atoms with E-state index in [0.717, 1.165) is 0 Å². The summed E-state index contributed by atoms with van der Waals surface area (Å²) in [5.41, 5.74) is 0.389. The van der Waals surface area contributed by atoms with Gasteiger partial charge in [0.15, 0.2) is 0 Å². The summed E-state index contributed by atoms with van der Waals surface area (Å²) in [6.45, 7) is 5.36. The van der Waals surface area contributed by atoms with E-state index in [1.54, 1.807) is 45.0 Å². The van der Waals surface area contributed by atoms with Crippen molar-refractivity contribution in [3.8, 4) is 0 Å². The van der Waals surface area contributed by atoms with Crippen molar-refractivity contribution >= 4 is 23.5 Å². The van der Waals surface area contributed by atoms with Crippen LogP contribution < -0.4 is 5.32 Å². The van der Waals surface area contributed by atoms with E-state index in [4.69, 9.17) is 9.84 Å². The number of carboxylic acid groups (broad SMARTS) is 1. The summed E-state index contributed by atoms with van der Waals surface area (Å²) in [5.74, 6) is -1.60.